The van der Waals surface area contributed by atoms with E-state index in [1.165, 1.54) is 0 Å². The molecule has 0 aliphatic rings. The third-order valence-corrected chi connectivity index (χ3v) is 1.93. The Balaban J connectivity index is 2.54. The number of hydrogen-bond acceptors (Lipinski definition) is 0. The summed E-state index contributed by atoms with van der Waals surface area (Å²) in [6.07, 6.45) is 0. The van der Waals surface area contributed by atoms with Crippen molar-refractivity contribution in [1.29, 1.82) is 0 Å². The molecule has 0 amide bonds. The van der Waals surface area contributed by atoms with Gasteiger partial charge in [-0.1, -0.05) is 0 Å². The van der Waals surface area contributed by atoms with Gasteiger partial charge in [0.1, 0.15) is 0 Å². The fraction of sp³-hybridized carbons (Fsp3) is 1.00. The van der Waals surface area contributed by atoms with Crippen LogP contribution in [0.25, 0.3) is 0 Å². The van der Waals surface area contributed by atoms with Crippen LogP contribution in [0.5, 0.6) is 0 Å². The van der Waals surface area contributed by atoms with Gasteiger partial charge in [-0.05, 0) is 0 Å². The zero-order valence-corrected chi connectivity index (χ0v) is 5.63. The quantitative estimate of drug-likeness (QED) is 0.496. The van der Waals surface area contributed by atoms with Crippen LogP contribution in [0.15, 0.2) is 0 Å². The SMILES string of the molecule is CC([S])C[Se]. The second-order valence-corrected chi connectivity index (χ2v) is 2.48. The maximum atomic E-state index is 4.75. The average Bonchev–Trinajstić information content (AvgIpc) is 1.38. The van der Waals surface area contributed by atoms with E-state index in [2.05, 4.69) is 16.0 Å². The Morgan fingerprint density at radius 2 is 2.20 bits per heavy atom. The third-order valence-electron chi connectivity index (χ3n) is 0.235. The van der Waals surface area contributed by atoms with Crippen molar-refractivity contribution in [2.75, 3.05) is 0 Å². The molecule has 0 bridgehead atoms. The van der Waals surface area contributed by atoms with Crippen molar-refractivity contribution in [3.63, 3.8) is 0 Å². The van der Waals surface area contributed by atoms with E-state index in [0.717, 1.165) is 5.32 Å². The van der Waals surface area contributed by atoms with Crippen molar-refractivity contribution < 1.29 is 0 Å². The summed E-state index contributed by atoms with van der Waals surface area (Å²) in [5.74, 6) is 0. The first-order chi connectivity index (χ1) is 2.27. The molecule has 1 unspecified atom stereocenters. The first kappa shape index (κ1) is 5.87. The summed E-state index contributed by atoms with van der Waals surface area (Å²) in [4.78, 5) is 0. The second kappa shape index (κ2) is 3.07. The van der Waals surface area contributed by atoms with Gasteiger partial charge in [0.15, 0.2) is 0 Å². The molecule has 0 aromatic carbocycles. The van der Waals surface area contributed by atoms with Crippen molar-refractivity contribution in [2.45, 2.75) is 17.5 Å². The van der Waals surface area contributed by atoms with Crippen LogP contribution in [0.2, 0.25) is 5.32 Å². The molecule has 30 valence electrons. The van der Waals surface area contributed by atoms with Crippen LogP contribution >= 0.6 is 12.6 Å². The zero-order chi connectivity index (χ0) is 4.28. The molecule has 0 aromatic heterocycles. The molecule has 0 saturated heterocycles. The van der Waals surface area contributed by atoms with Gasteiger partial charge in [-0.15, -0.1) is 0 Å². The topological polar surface area (TPSA) is 0 Å². The van der Waals surface area contributed by atoms with Crippen molar-refractivity contribution >= 4 is 28.6 Å². The van der Waals surface area contributed by atoms with Gasteiger partial charge in [-0.3, -0.25) is 0 Å². The van der Waals surface area contributed by atoms with E-state index in [1.54, 1.807) is 0 Å². The van der Waals surface area contributed by atoms with Gasteiger partial charge in [0.05, 0.1) is 0 Å². The Kier molecular flexibility index (Phi) is 3.61. The second-order valence-electron chi connectivity index (χ2n) is 0.977. The van der Waals surface area contributed by atoms with Crippen LogP contribution < -0.4 is 0 Å². The van der Waals surface area contributed by atoms with E-state index in [4.69, 9.17) is 12.6 Å². The fourth-order valence-electron chi connectivity index (χ4n) is 0. The summed E-state index contributed by atoms with van der Waals surface area (Å²) in [7, 11) is 0. The van der Waals surface area contributed by atoms with Gasteiger partial charge in [-0.2, -0.15) is 0 Å². The van der Waals surface area contributed by atoms with Crippen LogP contribution in [-0.4, -0.2) is 21.3 Å². The number of hydrogen-bond donors (Lipinski definition) is 0. The predicted octanol–water partition coefficient (Wildman–Crippen LogP) is 1.16. The number of rotatable bonds is 1. The molecular formula is C3H6SSe. The molecule has 5 heavy (non-hydrogen) atoms. The Hall–Kier alpha value is 0.869. The third kappa shape index (κ3) is 4.87. The Morgan fingerprint density at radius 1 is 2.00 bits per heavy atom. The Labute approximate surface area is 46.6 Å². The van der Waals surface area contributed by atoms with E-state index in [9.17, 15) is 0 Å². The Morgan fingerprint density at radius 3 is 2.20 bits per heavy atom. The van der Waals surface area contributed by atoms with Crippen LogP contribution in [-0.2, 0) is 0 Å². The molecule has 0 heterocycles. The van der Waals surface area contributed by atoms with E-state index in [0.29, 0.717) is 5.25 Å². The van der Waals surface area contributed by atoms with E-state index >= 15 is 0 Å². The van der Waals surface area contributed by atoms with Crippen LogP contribution in [0.4, 0.5) is 0 Å². The molecule has 0 nitrogen and oxygen atoms in total. The summed E-state index contributed by atoms with van der Waals surface area (Å²) < 4.78 is 0. The molecule has 0 N–H and O–H groups in total. The van der Waals surface area contributed by atoms with Gasteiger partial charge >= 0.3 is 46.1 Å². The first-order valence-electron chi connectivity index (χ1n) is 1.51. The molecule has 0 fully saturated rings. The molecule has 2 heteroatoms. The molecule has 0 aromatic rings. The van der Waals surface area contributed by atoms with Crippen LogP contribution in [0.1, 0.15) is 6.92 Å². The molecule has 0 spiro atoms. The molecule has 0 aliphatic carbocycles. The molecular weight excluding hydrogens is 147 g/mol. The molecule has 0 rings (SSSR count). The molecule has 2 radical (unpaired) electrons. The van der Waals surface area contributed by atoms with Gasteiger partial charge in [-0.25, -0.2) is 0 Å². The zero-order valence-electron chi connectivity index (χ0n) is 3.10. The fourth-order valence-corrected chi connectivity index (χ4v) is 0. The maximum absolute atomic E-state index is 4.75. The summed E-state index contributed by atoms with van der Waals surface area (Å²) in [6.45, 7) is 2.01. The molecule has 1 atom stereocenters. The van der Waals surface area contributed by atoms with Crippen molar-refractivity contribution in [2.24, 2.45) is 0 Å². The van der Waals surface area contributed by atoms with Gasteiger partial charge in [0.2, 0.25) is 0 Å². The minimum atomic E-state index is 0.412. The average molecular weight is 153 g/mol. The van der Waals surface area contributed by atoms with Crippen molar-refractivity contribution in [1.82, 2.24) is 0 Å². The predicted molar refractivity (Wildman–Crippen MR) is 27.6 cm³/mol. The van der Waals surface area contributed by atoms with Gasteiger partial charge in [0, 0.05) is 0 Å². The van der Waals surface area contributed by atoms with E-state index in [1.807, 2.05) is 6.92 Å². The Bertz CT molecular complexity index is 20.9. The van der Waals surface area contributed by atoms with E-state index in [-0.39, 0.29) is 0 Å². The van der Waals surface area contributed by atoms with Crippen LogP contribution in [0, 0.1) is 0 Å². The van der Waals surface area contributed by atoms with Gasteiger partial charge < -0.3 is 0 Å². The van der Waals surface area contributed by atoms with Crippen molar-refractivity contribution in [3.05, 3.63) is 0 Å². The minimum absolute atomic E-state index is 0.412. The normalized spacial score (nSPS) is 15.0. The van der Waals surface area contributed by atoms with E-state index < -0.39 is 0 Å². The molecule has 0 saturated carbocycles. The van der Waals surface area contributed by atoms with Gasteiger partial charge in [0.25, 0.3) is 0 Å². The van der Waals surface area contributed by atoms with Crippen molar-refractivity contribution in [3.8, 4) is 0 Å². The standard InChI is InChI=1S/C3H6SSe/c1-3(4)2-5/h3H,2H2,1H3. The first-order valence-corrected chi connectivity index (χ1v) is 3.19. The van der Waals surface area contributed by atoms with Crippen LogP contribution in [0.3, 0.4) is 0 Å². The monoisotopic (exact) mass is 154 g/mol. The summed E-state index contributed by atoms with van der Waals surface area (Å²) in [6, 6.07) is 0. The molecule has 0 aliphatic heterocycles. The summed E-state index contributed by atoms with van der Waals surface area (Å²) >= 11 is 7.59. The summed E-state index contributed by atoms with van der Waals surface area (Å²) in [5, 5.41) is 1.41. The summed E-state index contributed by atoms with van der Waals surface area (Å²) in [5.41, 5.74) is 0.